The third-order valence-corrected chi connectivity index (χ3v) is 4.29. The molecule has 1 fully saturated rings. The lowest BCUT2D eigenvalue weighted by molar-refractivity contribution is 0.175. The van der Waals surface area contributed by atoms with Gasteiger partial charge < -0.3 is 5.11 Å². The van der Waals surface area contributed by atoms with Crippen molar-refractivity contribution in [2.24, 2.45) is 0 Å². The van der Waals surface area contributed by atoms with Crippen molar-refractivity contribution in [2.75, 3.05) is 13.1 Å². The molecular formula is C18H19N3O. The number of hydrogen-bond donors (Lipinski definition) is 1. The molecule has 1 atom stereocenters. The van der Waals surface area contributed by atoms with E-state index in [0.29, 0.717) is 0 Å². The van der Waals surface area contributed by atoms with E-state index in [-0.39, 0.29) is 6.10 Å². The second-order valence-electron chi connectivity index (χ2n) is 6.00. The molecule has 0 aliphatic carbocycles. The highest BCUT2D eigenvalue weighted by Gasteiger charge is 2.20. The SMILES string of the molecule is O[C@@H]1CCN(Cc2cnn(-c3ccc4ccccc4c3)c2)C1. The van der Waals surface area contributed by atoms with E-state index in [1.807, 2.05) is 10.9 Å². The van der Waals surface area contributed by atoms with Crippen LogP contribution in [0.15, 0.2) is 54.9 Å². The van der Waals surface area contributed by atoms with Gasteiger partial charge in [-0.2, -0.15) is 5.10 Å². The maximum atomic E-state index is 9.60. The number of fused-ring (bicyclic) bond motifs is 1. The summed E-state index contributed by atoms with van der Waals surface area (Å²) in [5.41, 5.74) is 2.26. The fourth-order valence-electron chi connectivity index (χ4n) is 3.12. The Balaban J connectivity index is 1.57. The largest absolute Gasteiger partial charge is 0.392 e. The zero-order valence-corrected chi connectivity index (χ0v) is 12.4. The molecule has 1 saturated heterocycles. The third kappa shape index (κ3) is 2.63. The van der Waals surface area contributed by atoms with Crippen molar-refractivity contribution in [3.8, 4) is 5.69 Å². The molecule has 1 aliphatic rings. The van der Waals surface area contributed by atoms with Crippen LogP contribution in [-0.4, -0.2) is 39.0 Å². The third-order valence-electron chi connectivity index (χ3n) is 4.29. The van der Waals surface area contributed by atoms with Gasteiger partial charge in [0, 0.05) is 31.4 Å². The van der Waals surface area contributed by atoms with Gasteiger partial charge in [0.1, 0.15) is 0 Å². The van der Waals surface area contributed by atoms with Gasteiger partial charge in [-0.1, -0.05) is 30.3 Å². The Hall–Kier alpha value is -2.17. The average molecular weight is 293 g/mol. The summed E-state index contributed by atoms with van der Waals surface area (Å²) in [7, 11) is 0. The minimum atomic E-state index is -0.171. The molecule has 0 unspecified atom stereocenters. The number of aliphatic hydroxyl groups excluding tert-OH is 1. The van der Waals surface area contributed by atoms with Crippen LogP contribution in [0.25, 0.3) is 16.5 Å². The van der Waals surface area contributed by atoms with Gasteiger partial charge in [0.25, 0.3) is 0 Å². The van der Waals surface area contributed by atoms with Crippen LogP contribution in [-0.2, 0) is 6.54 Å². The van der Waals surface area contributed by atoms with Crippen molar-refractivity contribution in [3.05, 3.63) is 60.4 Å². The summed E-state index contributed by atoms with van der Waals surface area (Å²) in [4.78, 5) is 2.27. The molecule has 0 radical (unpaired) electrons. The van der Waals surface area contributed by atoms with Crippen LogP contribution in [0.1, 0.15) is 12.0 Å². The molecule has 0 bridgehead atoms. The van der Waals surface area contributed by atoms with Gasteiger partial charge in [0.15, 0.2) is 0 Å². The number of hydrogen-bond acceptors (Lipinski definition) is 3. The van der Waals surface area contributed by atoms with Gasteiger partial charge in [-0.15, -0.1) is 0 Å². The first-order valence-corrected chi connectivity index (χ1v) is 7.71. The van der Waals surface area contributed by atoms with Crippen molar-refractivity contribution >= 4 is 10.8 Å². The van der Waals surface area contributed by atoms with Gasteiger partial charge in [-0.25, -0.2) is 4.68 Å². The number of likely N-dealkylation sites (tertiary alicyclic amines) is 1. The first-order valence-electron chi connectivity index (χ1n) is 7.71. The first-order chi connectivity index (χ1) is 10.8. The topological polar surface area (TPSA) is 41.3 Å². The highest BCUT2D eigenvalue weighted by molar-refractivity contribution is 5.84. The first kappa shape index (κ1) is 13.5. The number of aromatic nitrogens is 2. The van der Waals surface area contributed by atoms with Crippen molar-refractivity contribution in [1.82, 2.24) is 14.7 Å². The fourth-order valence-corrected chi connectivity index (χ4v) is 3.12. The van der Waals surface area contributed by atoms with E-state index >= 15 is 0 Å². The number of β-amino-alcohol motifs (C(OH)–C–C–N with tert-alkyl or cyclic N) is 1. The summed E-state index contributed by atoms with van der Waals surface area (Å²) in [5.74, 6) is 0. The van der Waals surface area contributed by atoms with Crippen molar-refractivity contribution in [1.29, 1.82) is 0 Å². The molecule has 0 amide bonds. The van der Waals surface area contributed by atoms with E-state index in [4.69, 9.17) is 0 Å². The Kier molecular flexibility index (Phi) is 3.41. The summed E-state index contributed by atoms with van der Waals surface area (Å²) in [6, 6.07) is 14.7. The van der Waals surface area contributed by atoms with Crippen LogP contribution in [0.5, 0.6) is 0 Å². The molecule has 112 valence electrons. The van der Waals surface area contributed by atoms with E-state index in [9.17, 15) is 5.11 Å². The van der Waals surface area contributed by atoms with Gasteiger partial charge >= 0.3 is 0 Å². The standard InChI is InChI=1S/C18H19N3O/c22-18-7-8-20(13-18)11-14-10-19-21(12-14)17-6-5-15-3-1-2-4-16(15)9-17/h1-6,9-10,12,18,22H,7-8,11,13H2/t18-/m1/s1. The highest BCUT2D eigenvalue weighted by atomic mass is 16.3. The minimum absolute atomic E-state index is 0.171. The van der Waals surface area contributed by atoms with Crippen LogP contribution < -0.4 is 0 Å². The molecule has 3 aromatic rings. The monoisotopic (exact) mass is 293 g/mol. The Morgan fingerprint density at radius 2 is 2.00 bits per heavy atom. The second-order valence-corrected chi connectivity index (χ2v) is 6.00. The number of nitrogens with zero attached hydrogens (tertiary/aromatic N) is 3. The lowest BCUT2D eigenvalue weighted by Gasteiger charge is -2.12. The molecule has 2 heterocycles. The van der Waals surface area contributed by atoms with E-state index in [1.165, 1.54) is 16.3 Å². The van der Waals surface area contributed by atoms with Crippen LogP contribution in [0.4, 0.5) is 0 Å². The minimum Gasteiger partial charge on any atom is -0.392 e. The predicted molar refractivity (Wildman–Crippen MR) is 87.0 cm³/mol. The Morgan fingerprint density at radius 3 is 2.82 bits per heavy atom. The lowest BCUT2D eigenvalue weighted by atomic mass is 10.1. The molecule has 1 aliphatic heterocycles. The number of rotatable bonds is 3. The molecule has 4 heteroatoms. The zero-order valence-electron chi connectivity index (χ0n) is 12.4. The lowest BCUT2D eigenvalue weighted by Crippen LogP contribution is -2.21. The van der Waals surface area contributed by atoms with E-state index in [1.54, 1.807) is 0 Å². The van der Waals surface area contributed by atoms with Gasteiger partial charge in [0.2, 0.25) is 0 Å². The molecule has 1 N–H and O–H groups in total. The smallest absolute Gasteiger partial charge is 0.0679 e. The number of aliphatic hydroxyl groups is 1. The molecule has 0 saturated carbocycles. The van der Waals surface area contributed by atoms with Crippen molar-refractivity contribution in [2.45, 2.75) is 19.1 Å². The average Bonchev–Trinajstić information content (AvgIpc) is 3.16. The van der Waals surface area contributed by atoms with E-state index in [0.717, 1.165) is 31.7 Å². The van der Waals surface area contributed by atoms with Crippen molar-refractivity contribution in [3.63, 3.8) is 0 Å². The maximum absolute atomic E-state index is 9.60. The summed E-state index contributed by atoms with van der Waals surface area (Å²) >= 11 is 0. The molecule has 22 heavy (non-hydrogen) atoms. The summed E-state index contributed by atoms with van der Waals surface area (Å²) < 4.78 is 1.92. The van der Waals surface area contributed by atoms with Crippen LogP contribution in [0.3, 0.4) is 0 Å². The molecule has 4 nitrogen and oxygen atoms in total. The fraction of sp³-hybridized carbons (Fsp3) is 0.278. The predicted octanol–water partition coefficient (Wildman–Crippen LogP) is 2.59. The summed E-state index contributed by atoms with van der Waals surface area (Å²) in [5, 5.41) is 16.5. The van der Waals surface area contributed by atoms with E-state index in [2.05, 4.69) is 58.7 Å². The van der Waals surface area contributed by atoms with Gasteiger partial charge in [-0.05, 0) is 29.3 Å². The Bertz CT molecular complexity index is 796. The van der Waals surface area contributed by atoms with E-state index < -0.39 is 0 Å². The Morgan fingerprint density at radius 1 is 1.14 bits per heavy atom. The molecule has 1 aromatic heterocycles. The normalized spacial score (nSPS) is 19.0. The van der Waals surface area contributed by atoms with Crippen LogP contribution in [0.2, 0.25) is 0 Å². The molecule has 2 aromatic carbocycles. The second kappa shape index (κ2) is 5.55. The van der Waals surface area contributed by atoms with Crippen LogP contribution in [0, 0.1) is 0 Å². The number of benzene rings is 2. The highest BCUT2D eigenvalue weighted by Crippen LogP contribution is 2.19. The quantitative estimate of drug-likeness (QED) is 0.807. The molecule has 0 spiro atoms. The van der Waals surface area contributed by atoms with Gasteiger partial charge in [0.05, 0.1) is 18.0 Å². The van der Waals surface area contributed by atoms with Crippen molar-refractivity contribution < 1.29 is 5.11 Å². The van der Waals surface area contributed by atoms with Crippen LogP contribution >= 0.6 is 0 Å². The Labute approximate surface area is 129 Å². The zero-order chi connectivity index (χ0) is 14.9. The summed E-state index contributed by atoms with van der Waals surface area (Å²) in [6.45, 7) is 2.58. The molecule has 4 rings (SSSR count). The maximum Gasteiger partial charge on any atom is 0.0679 e. The molecular weight excluding hydrogens is 274 g/mol. The summed E-state index contributed by atoms with van der Waals surface area (Å²) in [6.07, 6.45) is 4.70. The van der Waals surface area contributed by atoms with Gasteiger partial charge in [-0.3, -0.25) is 4.90 Å².